The molecule has 3 unspecified atom stereocenters. The second-order valence-electron chi connectivity index (χ2n) is 11.3. The summed E-state index contributed by atoms with van der Waals surface area (Å²) >= 11 is 0. The molecular formula is C32H42N2O4. The van der Waals surface area contributed by atoms with Crippen LogP contribution >= 0.6 is 0 Å². The van der Waals surface area contributed by atoms with Crippen molar-refractivity contribution in [3.8, 4) is 0 Å². The Balaban J connectivity index is 1.16. The minimum absolute atomic E-state index is 0.104. The number of piperidine rings is 1. The van der Waals surface area contributed by atoms with Crippen molar-refractivity contribution in [3.05, 3.63) is 71.3 Å². The Hall–Kier alpha value is -2.70. The van der Waals surface area contributed by atoms with E-state index in [4.69, 9.17) is 9.47 Å². The minimum Gasteiger partial charge on any atom is -0.465 e. The molecule has 0 amide bonds. The summed E-state index contributed by atoms with van der Waals surface area (Å²) in [5.41, 5.74) is 2.91. The van der Waals surface area contributed by atoms with E-state index in [-0.39, 0.29) is 18.0 Å². The lowest BCUT2D eigenvalue weighted by atomic mass is 9.83. The average molecular weight is 519 g/mol. The zero-order chi connectivity index (χ0) is 26.3. The molecule has 2 aromatic rings. The zero-order valence-corrected chi connectivity index (χ0v) is 22.6. The summed E-state index contributed by atoms with van der Waals surface area (Å²) in [5.74, 6) is 0.460. The number of hydrogen-bond donors (Lipinski definition) is 1. The lowest BCUT2D eigenvalue weighted by Gasteiger charge is -2.39. The first-order valence-electron chi connectivity index (χ1n) is 14.5. The van der Waals surface area contributed by atoms with Crippen molar-refractivity contribution in [2.24, 2.45) is 5.92 Å². The van der Waals surface area contributed by atoms with Gasteiger partial charge in [-0.15, -0.1) is 0 Å². The number of nitrogens with one attached hydrogen (secondary N) is 1. The van der Waals surface area contributed by atoms with Gasteiger partial charge < -0.3 is 14.8 Å². The smallest absolute Gasteiger partial charge is 0.337 e. The molecule has 6 heteroatoms. The molecule has 5 rings (SSSR count). The van der Waals surface area contributed by atoms with E-state index in [0.29, 0.717) is 36.1 Å². The van der Waals surface area contributed by atoms with Gasteiger partial charge in [0.2, 0.25) is 0 Å². The van der Waals surface area contributed by atoms with Crippen LogP contribution < -0.4 is 5.32 Å². The van der Waals surface area contributed by atoms with Crippen LogP contribution in [-0.2, 0) is 20.9 Å². The third-order valence-corrected chi connectivity index (χ3v) is 9.00. The predicted molar refractivity (Wildman–Crippen MR) is 148 cm³/mol. The topological polar surface area (TPSA) is 67.9 Å². The average Bonchev–Trinajstić information content (AvgIpc) is 3.20. The summed E-state index contributed by atoms with van der Waals surface area (Å²) in [6, 6.07) is 18.8. The molecule has 2 saturated heterocycles. The van der Waals surface area contributed by atoms with E-state index in [1.165, 1.54) is 44.8 Å². The van der Waals surface area contributed by atoms with Crippen LogP contribution in [0.1, 0.15) is 85.2 Å². The standard InChI is InChI=1S/C32H42N2O4/c1-37-31(35)26-14-8-13-25(19-26)27-20-28-15-16-29(21-27)34(28)18-17-33-30(24-11-6-3-7-12-24)32(36)38-22-23-9-4-2-5-10-23/h2,4-5,8-10,13-14,19,24,27-30,33H,3,6-7,11-12,15-18,20-22H2,1H3. The number of hydrogen-bond acceptors (Lipinski definition) is 6. The molecule has 2 bridgehead atoms. The number of fused-ring (bicyclic) bond motifs is 2. The molecule has 1 N–H and O–H groups in total. The highest BCUT2D eigenvalue weighted by atomic mass is 16.5. The summed E-state index contributed by atoms with van der Waals surface area (Å²) in [5, 5.41) is 3.64. The number of carbonyl (C=O) groups is 2. The highest BCUT2D eigenvalue weighted by Gasteiger charge is 2.41. The van der Waals surface area contributed by atoms with Gasteiger partial charge >= 0.3 is 11.9 Å². The quantitative estimate of drug-likeness (QED) is 0.421. The lowest BCUT2D eigenvalue weighted by Crippen LogP contribution is -2.50. The number of benzene rings is 2. The molecule has 1 aliphatic carbocycles. The van der Waals surface area contributed by atoms with Crippen LogP contribution in [0.25, 0.3) is 0 Å². The van der Waals surface area contributed by atoms with E-state index in [2.05, 4.69) is 16.3 Å². The molecule has 3 fully saturated rings. The second kappa shape index (κ2) is 12.9. The Morgan fingerprint density at radius 2 is 1.68 bits per heavy atom. The first-order valence-corrected chi connectivity index (χ1v) is 14.5. The van der Waals surface area contributed by atoms with Crippen molar-refractivity contribution in [1.29, 1.82) is 0 Å². The molecule has 2 aromatic carbocycles. The third-order valence-electron chi connectivity index (χ3n) is 9.00. The summed E-state index contributed by atoms with van der Waals surface area (Å²) in [4.78, 5) is 27.9. The SMILES string of the molecule is COC(=O)c1cccc(C2CC3CCC(C2)N3CCNC(C(=O)OCc2ccccc2)C2CCCCC2)c1. The van der Waals surface area contributed by atoms with E-state index in [0.717, 1.165) is 44.3 Å². The fourth-order valence-corrected chi connectivity index (χ4v) is 7.03. The first-order chi connectivity index (χ1) is 18.6. The van der Waals surface area contributed by atoms with Gasteiger partial charge in [0.1, 0.15) is 12.6 Å². The van der Waals surface area contributed by atoms with Gasteiger partial charge in [0.25, 0.3) is 0 Å². The molecular weight excluding hydrogens is 476 g/mol. The third kappa shape index (κ3) is 6.47. The highest BCUT2D eigenvalue weighted by Crippen LogP contribution is 2.43. The number of nitrogens with zero attached hydrogens (tertiary/aromatic N) is 1. The van der Waals surface area contributed by atoms with Gasteiger partial charge in [-0.25, -0.2) is 4.79 Å². The van der Waals surface area contributed by atoms with Crippen LogP contribution in [0.15, 0.2) is 54.6 Å². The van der Waals surface area contributed by atoms with Gasteiger partial charge in [0.05, 0.1) is 12.7 Å². The van der Waals surface area contributed by atoms with Crippen molar-refractivity contribution < 1.29 is 19.1 Å². The van der Waals surface area contributed by atoms with E-state index in [9.17, 15) is 9.59 Å². The summed E-state index contributed by atoms with van der Waals surface area (Å²) in [6.45, 7) is 2.09. The molecule has 38 heavy (non-hydrogen) atoms. The molecule has 2 heterocycles. The minimum atomic E-state index is -0.270. The summed E-state index contributed by atoms with van der Waals surface area (Å²) in [7, 11) is 1.43. The Morgan fingerprint density at radius 3 is 2.39 bits per heavy atom. The second-order valence-corrected chi connectivity index (χ2v) is 11.3. The fourth-order valence-electron chi connectivity index (χ4n) is 7.03. The number of rotatable bonds is 10. The summed E-state index contributed by atoms with van der Waals surface area (Å²) in [6.07, 6.45) is 10.5. The molecule has 2 aliphatic heterocycles. The van der Waals surface area contributed by atoms with Crippen LogP contribution in [-0.4, -0.2) is 55.2 Å². The van der Waals surface area contributed by atoms with Gasteiger partial charge in [0, 0.05) is 25.2 Å². The predicted octanol–water partition coefficient (Wildman–Crippen LogP) is 5.47. The highest BCUT2D eigenvalue weighted by molar-refractivity contribution is 5.89. The largest absolute Gasteiger partial charge is 0.465 e. The maximum absolute atomic E-state index is 13.2. The van der Waals surface area contributed by atoms with Crippen molar-refractivity contribution in [3.63, 3.8) is 0 Å². The van der Waals surface area contributed by atoms with Gasteiger partial charge in [0.15, 0.2) is 0 Å². The van der Waals surface area contributed by atoms with E-state index < -0.39 is 0 Å². The maximum Gasteiger partial charge on any atom is 0.337 e. The zero-order valence-electron chi connectivity index (χ0n) is 22.6. The van der Waals surface area contributed by atoms with E-state index in [1.807, 2.05) is 48.5 Å². The molecule has 0 aromatic heterocycles. The first kappa shape index (κ1) is 26.9. The molecule has 1 saturated carbocycles. The fraction of sp³-hybridized carbons (Fsp3) is 0.562. The number of methoxy groups -OCH3 is 1. The van der Waals surface area contributed by atoms with Gasteiger partial charge in [-0.3, -0.25) is 9.69 Å². The Morgan fingerprint density at radius 1 is 0.947 bits per heavy atom. The monoisotopic (exact) mass is 518 g/mol. The van der Waals surface area contributed by atoms with Crippen molar-refractivity contribution in [2.45, 2.75) is 88.4 Å². The van der Waals surface area contributed by atoms with E-state index in [1.54, 1.807) is 0 Å². The Kier molecular flexibility index (Phi) is 9.13. The number of ether oxygens (including phenoxy) is 2. The molecule has 6 nitrogen and oxygen atoms in total. The summed E-state index contributed by atoms with van der Waals surface area (Å²) < 4.78 is 10.7. The van der Waals surface area contributed by atoms with Crippen molar-refractivity contribution in [1.82, 2.24) is 10.2 Å². The normalized spacial score (nSPS) is 24.6. The lowest BCUT2D eigenvalue weighted by molar-refractivity contribution is -0.149. The Bertz CT molecular complexity index is 1050. The number of esters is 2. The molecule has 204 valence electrons. The van der Waals surface area contributed by atoms with Crippen LogP contribution in [0.5, 0.6) is 0 Å². The molecule has 3 atom stereocenters. The van der Waals surface area contributed by atoms with Crippen LogP contribution in [0.3, 0.4) is 0 Å². The van der Waals surface area contributed by atoms with Crippen LogP contribution in [0, 0.1) is 5.92 Å². The van der Waals surface area contributed by atoms with Gasteiger partial charge in [-0.05, 0) is 73.6 Å². The maximum atomic E-state index is 13.2. The Labute approximate surface area is 227 Å². The molecule has 0 radical (unpaired) electrons. The molecule has 3 aliphatic rings. The van der Waals surface area contributed by atoms with Crippen LogP contribution in [0.2, 0.25) is 0 Å². The number of carbonyl (C=O) groups excluding carboxylic acids is 2. The van der Waals surface area contributed by atoms with Gasteiger partial charge in [-0.2, -0.15) is 0 Å². The van der Waals surface area contributed by atoms with Gasteiger partial charge in [-0.1, -0.05) is 61.7 Å². The van der Waals surface area contributed by atoms with E-state index >= 15 is 0 Å². The molecule has 0 spiro atoms. The van der Waals surface area contributed by atoms with Crippen molar-refractivity contribution >= 4 is 11.9 Å². The van der Waals surface area contributed by atoms with Crippen molar-refractivity contribution in [2.75, 3.05) is 20.2 Å². The van der Waals surface area contributed by atoms with Crippen LogP contribution in [0.4, 0.5) is 0 Å².